The summed E-state index contributed by atoms with van der Waals surface area (Å²) in [7, 11) is 0. The molecule has 116 valence electrons. The highest BCUT2D eigenvalue weighted by Crippen LogP contribution is 1.92. The van der Waals surface area contributed by atoms with Gasteiger partial charge in [0.1, 0.15) is 32.2 Å². The molecule has 0 aliphatic carbocycles. The van der Waals surface area contributed by atoms with Crippen LogP contribution in [0, 0.1) is 0 Å². The van der Waals surface area contributed by atoms with Crippen LogP contribution in [-0.2, 0) is 28.5 Å². The molecule has 0 amide bonds. The molecule has 0 spiro atoms. The predicted molar refractivity (Wildman–Crippen MR) is 66.6 cm³/mol. The Morgan fingerprint density at radius 3 is 2.00 bits per heavy atom. The first-order valence-corrected chi connectivity index (χ1v) is 5.89. The fourth-order valence-electron chi connectivity index (χ4n) is 0.974. The third kappa shape index (κ3) is 11.6. The molecule has 20 heavy (non-hydrogen) atoms. The highest BCUT2D eigenvalue weighted by Gasteiger charge is 2.08. The zero-order valence-corrected chi connectivity index (χ0v) is 11.3. The average molecular weight is 292 g/mol. The first-order valence-electron chi connectivity index (χ1n) is 5.89. The molecule has 0 rings (SSSR count). The third-order valence-electron chi connectivity index (χ3n) is 1.85. The molecule has 0 aromatic rings. The molecule has 2 atom stereocenters. The topological polar surface area (TPSA) is 112 Å². The molecule has 0 saturated heterocycles. The van der Waals surface area contributed by atoms with E-state index in [9.17, 15) is 19.8 Å². The smallest absolute Gasteiger partial charge is 0.330 e. The van der Waals surface area contributed by atoms with Crippen LogP contribution in [0.3, 0.4) is 0 Å². The molecule has 2 N–H and O–H groups in total. The molecule has 0 aromatic heterocycles. The van der Waals surface area contributed by atoms with E-state index in [2.05, 4.69) is 16.1 Å². The van der Waals surface area contributed by atoms with Crippen LogP contribution in [0.1, 0.15) is 6.92 Å². The highest BCUT2D eigenvalue weighted by atomic mass is 16.7. The fourth-order valence-corrected chi connectivity index (χ4v) is 0.974. The van der Waals surface area contributed by atoms with Gasteiger partial charge in [-0.05, 0) is 0 Å². The first-order chi connectivity index (χ1) is 9.45. The predicted octanol–water partition coefficient (Wildman–Crippen LogP) is -1.01. The summed E-state index contributed by atoms with van der Waals surface area (Å²) < 4.78 is 19.0. The summed E-state index contributed by atoms with van der Waals surface area (Å²) in [5.74, 6) is -1.12. The van der Waals surface area contributed by atoms with Crippen LogP contribution in [0.4, 0.5) is 0 Å². The summed E-state index contributed by atoms with van der Waals surface area (Å²) in [6.45, 7) is 3.74. The maximum atomic E-state index is 10.7. The third-order valence-corrected chi connectivity index (χ3v) is 1.85. The maximum Gasteiger partial charge on any atom is 0.330 e. The lowest BCUT2D eigenvalue weighted by molar-refractivity contribution is -0.148. The number of hydrogen-bond donors (Lipinski definition) is 2. The summed E-state index contributed by atoms with van der Waals surface area (Å²) in [5, 5.41) is 18.7. The molecule has 0 radical (unpaired) electrons. The SMILES string of the molecule is C=CC(=O)OCC(O)COCOCC(O)COC(C)=O. The average Bonchev–Trinajstić information content (AvgIpc) is 2.41. The molecule has 0 aliphatic rings. The van der Waals surface area contributed by atoms with E-state index in [0.29, 0.717) is 0 Å². The monoisotopic (exact) mass is 292 g/mol. The minimum Gasteiger partial charge on any atom is -0.463 e. The van der Waals surface area contributed by atoms with Gasteiger partial charge < -0.3 is 29.2 Å². The molecule has 2 unspecified atom stereocenters. The Morgan fingerprint density at radius 2 is 1.55 bits per heavy atom. The number of rotatable bonds is 11. The van der Waals surface area contributed by atoms with Crippen molar-refractivity contribution in [3.63, 3.8) is 0 Å². The van der Waals surface area contributed by atoms with E-state index in [1.54, 1.807) is 0 Å². The molecule has 0 fully saturated rings. The number of hydrogen-bond acceptors (Lipinski definition) is 8. The number of carbonyl (C=O) groups is 2. The molecule has 8 heteroatoms. The first kappa shape index (κ1) is 18.5. The Kier molecular flexibility index (Phi) is 10.5. The van der Waals surface area contributed by atoms with Crippen molar-refractivity contribution in [1.82, 2.24) is 0 Å². The van der Waals surface area contributed by atoms with Crippen molar-refractivity contribution in [3.8, 4) is 0 Å². The van der Waals surface area contributed by atoms with Crippen LogP contribution >= 0.6 is 0 Å². The van der Waals surface area contributed by atoms with Crippen molar-refractivity contribution in [2.45, 2.75) is 19.1 Å². The normalized spacial score (nSPS) is 13.3. The minimum absolute atomic E-state index is 0.0746. The van der Waals surface area contributed by atoms with Gasteiger partial charge in [0.05, 0.1) is 13.2 Å². The van der Waals surface area contributed by atoms with Gasteiger partial charge in [0.2, 0.25) is 0 Å². The molecule has 0 heterocycles. The van der Waals surface area contributed by atoms with Crippen LogP contribution in [0.5, 0.6) is 0 Å². The van der Waals surface area contributed by atoms with Crippen LogP contribution in [0.15, 0.2) is 12.7 Å². The number of esters is 2. The Labute approximate surface area is 116 Å². The number of carbonyl (C=O) groups excluding carboxylic acids is 2. The molecule has 0 bridgehead atoms. The van der Waals surface area contributed by atoms with E-state index in [1.165, 1.54) is 6.92 Å². The van der Waals surface area contributed by atoms with Crippen molar-refractivity contribution in [2.24, 2.45) is 0 Å². The Balaban J connectivity index is 3.44. The zero-order valence-electron chi connectivity index (χ0n) is 11.3. The standard InChI is InChI=1S/C12H20O8/c1-3-12(16)20-7-11(15)5-18-8-17-4-10(14)6-19-9(2)13/h3,10-11,14-15H,1,4-8H2,2H3. The van der Waals surface area contributed by atoms with E-state index in [1.807, 2.05) is 0 Å². The van der Waals surface area contributed by atoms with Gasteiger partial charge in [-0.3, -0.25) is 4.79 Å². The lowest BCUT2D eigenvalue weighted by atomic mass is 10.4. The van der Waals surface area contributed by atoms with Crippen molar-refractivity contribution in [2.75, 3.05) is 33.2 Å². The maximum absolute atomic E-state index is 10.7. The molecule has 0 aliphatic heterocycles. The summed E-state index contributed by atoms with van der Waals surface area (Å²) in [6, 6.07) is 0. The van der Waals surface area contributed by atoms with E-state index >= 15 is 0 Å². The lowest BCUT2D eigenvalue weighted by Crippen LogP contribution is -2.26. The quantitative estimate of drug-likeness (QED) is 0.216. The number of ether oxygens (including phenoxy) is 4. The molecular formula is C12H20O8. The zero-order chi connectivity index (χ0) is 15.4. The number of aliphatic hydroxyl groups is 2. The van der Waals surface area contributed by atoms with E-state index in [0.717, 1.165) is 6.08 Å². The van der Waals surface area contributed by atoms with E-state index < -0.39 is 24.1 Å². The van der Waals surface area contributed by atoms with Gasteiger partial charge in [-0.2, -0.15) is 0 Å². The highest BCUT2D eigenvalue weighted by molar-refractivity contribution is 5.81. The van der Waals surface area contributed by atoms with Crippen LogP contribution in [0.25, 0.3) is 0 Å². The number of aliphatic hydroxyl groups excluding tert-OH is 2. The van der Waals surface area contributed by atoms with Gasteiger partial charge in [0, 0.05) is 13.0 Å². The molecular weight excluding hydrogens is 272 g/mol. The molecule has 0 saturated carbocycles. The second kappa shape index (κ2) is 11.4. The summed E-state index contributed by atoms with van der Waals surface area (Å²) in [6.07, 6.45) is -0.935. The van der Waals surface area contributed by atoms with Crippen LogP contribution in [-0.4, -0.2) is 67.6 Å². The van der Waals surface area contributed by atoms with Gasteiger partial charge in [-0.15, -0.1) is 0 Å². The van der Waals surface area contributed by atoms with Gasteiger partial charge in [-0.25, -0.2) is 4.79 Å². The Morgan fingerprint density at radius 1 is 1.05 bits per heavy atom. The van der Waals surface area contributed by atoms with Crippen molar-refractivity contribution < 1.29 is 38.7 Å². The minimum atomic E-state index is -0.978. The van der Waals surface area contributed by atoms with Gasteiger partial charge in [-0.1, -0.05) is 6.58 Å². The van der Waals surface area contributed by atoms with E-state index in [4.69, 9.17) is 9.47 Å². The summed E-state index contributed by atoms with van der Waals surface area (Å²) in [5.41, 5.74) is 0. The fraction of sp³-hybridized carbons (Fsp3) is 0.667. The molecule has 0 aromatic carbocycles. The molecule has 8 nitrogen and oxygen atoms in total. The van der Waals surface area contributed by atoms with Crippen LogP contribution in [0.2, 0.25) is 0 Å². The summed E-state index contributed by atoms with van der Waals surface area (Å²) >= 11 is 0. The van der Waals surface area contributed by atoms with Gasteiger partial charge in [0.25, 0.3) is 0 Å². The second-order valence-corrected chi connectivity index (χ2v) is 3.80. The second-order valence-electron chi connectivity index (χ2n) is 3.80. The van der Waals surface area contributed by atoms with Crippen molar-refractivity contribution in [3.05, 3.63) is 12.7 Å². The van der Waals surface area contributed by atoms with Gasteiger partial charge >= 0.3 is 11.9 Å². The van der Waals surface area contributed by atoms with Crippen molar-refractivity contribution in [1.29, 1.82) is 0 Å². The van der Waals surface area contributed by atoms with Crippen LogP contribution < -0.4 is 0 Å². The van der Waals surface area contributed by atoms with Crippen molar-refractivity contribution >= 4 is 11.9 Å². The van der Waals surface area contributed by atoms with Gasteiger partial charge in [0.15, 0.2) is 0 Å². The summed E-state index contributed by atoms with van der Waals surface area (Å²) in [4.78, 5) is 21.2. The van der Waals surface area contributed by atoms with E-state index in [-0.39, 0.29) is 33.2 Å². The Bertz CT molecular complexity index is 304. The largest absolute Gasteiger partial charge is 0.463 e. The Hall–Kier alpha value is -1.48. The lowest BCUT2D eigenvalue weighted by Gasteiger charge is -2.13.